The number of aliphatic hydroxyl groups is 1. The molecule has 0 bridgehead atoms. The lowest BCUT2D eigenvalue weighted by Gasteiger charge is -2.34. The highest BCUT2D eigenvalue weighted by Crippen LogP contribution is 2.20. The second-order valence-corrected chi connectivity index (χ2v) is 5.14. The fraction of sp³-hybridized carbons (Fsp3) is 0.571. The van der Waals surface area contributed by atoms with Gasteiger partial charge >= 0.3 is 0 Å². The zero-order valence-corrected chi connectivity index (χ0v) is 10.5. The molecule has 1 saturated heterocycles. The molecule has 1 aliphatic heterocycles. The third-order valence-electron chi connectivity index (χ3n) is 3.70. The summed E-state index contributed by atoms with van der Waals surface area (Å²) in [5.74, 6) is 0.208. The summed E-state index contributed by atoms with van der Waals surface area (Å²) in [5.41, 5.74) is 2.13. The van der Waals surface area contributed by atoms with Crippen molar-refractivity contribution < 1.29 is 9.50 Å². The van der Waals surface area contributed by atoms with Crippen molar-refractivity contribution in [2.75, 3.05) is 13.1 Å². The molecule has 2 atom stereocenters. The molecule has 2 nitrogen and oxygen atoms in total. The topological polar surface area (TPSA) is 23.5 Å². The molecule has 2 unspecified atom stereocenters. The van der Waals surface area contributed by atoms with Gasteiger partial charge in [-0.05, 0) is 49.1 Å². The third kappa shape index (κ3) is 3.05. The van der Waals surface area contributed by atoms with Crippen molar-refractivity contribution in [1.29, 1.82) is 0 Å². The van der Waals surface area contributed by atoms with Crippen LogP contribution in [0, 0.1) is 18.7 Å². The molecule has 2 rings (SSSR count). The first kappa shape index (κ1) is 12.5. The van der Waals surface area contributed by atoms with Crippen LogP contribution in [-0.2, 0) is 6.54 Å². The number of nitrogens with zero attached hydrogens (tertiary/aromatic N) is 1. The Bertz CT molecular complexity index is 394. The van der Waals surface area contributed by atoms with Gasteiger partial charge in [-0.2, -0.15) is 0 Å². The van der Waals surface area contributed by atoms with Gasteiger partial charge in [0.2, 0.25) is 0 Å². The van der Waals surface area contributed by atoms with Gasteiger partial charge in [-0.1, -0.05) is 13.0 Å². The second kappa shape index (κ2) is 5.15. The number of likely N-dealkylation sites (tertiary alicyclic amines) is 1. The number of aryl methyl sites for hydroxylation is 1. The molecule has 3 heteroatoms. The Morgan fingerprint density at radius 3 is 2.88 bits per heavy atom. The summed E-state index contributed by atoms with van der Waals surface area (Å²) >= 11 is 0. The third-order valence-corrected chi connectivity index (χ3v) is 3.70. The van der Waals surface area contributed by atoms with E-state index in [9.17, 15) is 9.50 Å². The maximum Gasteiger partial charge on any atom is 0.123 e. The molecule has 1 heterocycles. The van der Waals surface area contributed by atoms with E-state index in [1.165, 1.54) is 6.07 Å². The number of halogens is 1. The molecule has 0 aliphatic carbocycles. The van der Waals surface area contributed by atoms with E-state index in [1.54, 1.807) is 6.07 Å². The smallest absolute Gasteiger partial charge is 0.123 e. The standard InChI is InChI=1S/C14H20FNO/c1-10-5-6-16(9-14(10)17)8-12-3-4-13(15)7-11(12)2/h3-4,7,10,14,17H,5-6,8-9H2,1-2H3. The van der Waals surface area contributed by atoms with Gasteiger partial charge in [-0.15, -0.1) is 0 Å². The van der Waals surface area contributed by atoms with Gasteiger partial charge in [0.25, 0.3) is 0 Å². The van der Waals surface area contributed by atoms with Crippen LogP contribution in [0.3, 0.4) is 0 Å². The van der Waals surface area contributed by atoms with Crippen molar-refractivity contribution in [1.82, 2.24) is 4.90 Å². The minimum atomic E-state index is -0.232. The second-order valence-electron chi connectivity index (χ2n) is 5.14. The highest BCUT2D eigenvalue weighted by atomic mass is 19.1. The van der Waals surface area contributed by atoms with Gasteiger partial charge in [0.05, 0.1) is 6.10 Å². The summed E-state index contributed by atoms with van der Waals surface area (Å²) in [6.07, 6.45) is 0.797. The van der Waals surface area contributed by atoms with Crippen LogP contribution in [0.25, 0.3) is 0 Å². The first-order chi connectivity index (χ1) is 8.06. The summed E-state index contributed by atoms with van der Waals surface area (Å²) in [6.45, 7) is 6.55. The van der Waals surface area contributed by atoms with Crippen molar-refractivity contribution in [2.24, 2.45) is 5.92 Å². The molecule has 1 N–H and O–H groups in total. The molecule has 0 saturated carbocycles. The number of rotatable bonds is 2. The monoisotopic (exact) mass is 237 g/mol. The first-order valence-electron chi connectivity index (χ1n) is 6.21. The van der Waals surface area contributed by atoms with Gasteiger partial charge in [-0.25, -0.2) is 4.39 Å². The fourth-order valence-electron chi connectivity index (χ4n) is 2.34. The van der Waals surface area contributed by atoms with Crippen molar-refractivity contribution in [3.05, 3.63) is 35.1 Å². The Hall–Kier alpha value is -0.930. The molecule has 1 fully saturated rings. The molecule has 0 radical (unpaired) electrons. The molecular weight excluding hydrogens is 217 g/mol. The zero-order valence-electron chi connectivity index (χ0n) is 10.5. The van der Waals surface area contributed by atoms with E-state index in [2.05, 4.69) is 11.8 Å². The Morgan fingerprint density at radius 1 is 1.47 bits per heavy atom. The fourth-order valence-corrected chi connectivity index (χ4v) is 2.34. The predicted molar refractivity (Wildman–Crippen MR) is 66.2 cm³/mol. The van der Waals surface area contributed by atoms with Crippen LogP contribution in [0.1, 0.15) is 24.5 Å². The number of β-amino-alcohol motifs (C(OH)–C–C–N with tert-alkyl or cyclic N) is 1. The van der Waals surface area contributed by atoms with E-state index in [1.807, 2.05) is 13.0 Å². The largest absolute Gasteiger partial charge is 0.392 e. The lowest BCUT2D eigenvalue weighted by Crippen LogP contribution is -2.42. The molecule has 0 aromatic heterocycles. The van der Waals surface area contributed by atoms with Crippen LogP contribution in [0.4, 0.5) is 4.39 Å². The maximum atomic E-state index is 13.0. The number of aliphatic hydroxyl groups excluding tert-OH is 1. The van der Waals surface area contributed by atoms with E-state index in [4.69, 9.17) is 0 Å². The molecule has 0 amide bonds. The molecular formula is C14H20FNO. The summed E-state index contributed by atoms with van der Waals surface area (Å²) < 4.78 is 13.0. The van der Waals surface area contributed by atoms with Gasteiger partial charge in [0, 0.05) is 13.1 Å². The van der Waals surface area contributed by atoms with E-state index < -0.39 is 0 Å². The van der Waals surface area contributed by atoms with Crippen molar-refractivity contribution in [2.45, 2.75) is 32.9 Å². The van der Waals surface area contributed by atoms with Crippen LogP contribution in [-0.4, -0.2) is 29.2 Å². The minimum Gasteiger partial charge on any atom is -0.392 e. The van der Waals surface area contributed by atoms with Crippen LogP contribution in [0.2, 0.25) is 0 Å². The average Bonchev–Trinajstić information content (AvgIpc) is 2.27. The SMILES string of the molecule is Cc1cc(F)ccc1CN1CCC(C)C(O)C1. The summed E-state index contributed by atoms with van der Waals surface area (Å²) in [4.78, 5) is 2.24. The molecule has 1 aromatic carbocycles. The molecule has 1 aromatic rings. The number of hydrogen-bond donors (Lipinski definition) is 1. The molecule has 0 spiro atoms. The first-order valence-corrected chi connectivity index (χ1v) is 6.21. The Balaban J connectivity index is 2.01. The minimum absolute atomic E-state index is 0.182. The quantitative estimate of drug-likeness (QED) is 0.853. The summed E-state index contributed by atoms with van der Waals surface area (Å²) in [5, 5.41) is 9.84. The molecule has 1 aliphatic rings. The van der Waals surface area contributed by atoms with Gasteiger partial charge in [0.1, 0.15) is 5.82 Å². The van der Waals surface area contributed by atoms with Crippen LogP contribution >= 0.6 is 0 Å². The number of hydrogen-bond acceptors (Lipinski definition) is 2. The van der Waals surface area contributed by atoms with Crippen LogP contribution in [0.5, 0.6) is 0 Å². The van der Waals surface area contributed by atoms with E-state index in [-0.39, 0.29) is 11.9 Å². The van der Waals surface area contributed by atoms with Gasteiger partial charge < -0.3 is 5.11 Å². The number of piperidine rings is 1. The van der Waals surface area contributed by atoms with Crippen molar-refractivity contribution >= 4 is 0 Å². The normalized spacial score (nSPS) is 26.1. The maximum absolute atomic E-state index is 13.0. The molecule has 17 heavy (non-hydrogen) atoms. The zero-order chi connectivity index (χ0) is 12.4. The highest BCUT2D eigenvalue weighted by Gasteiger charge is 2.24. The molecule has 94 valence electrons. The van der Waals surface area contributed by atoms with E-state index >= 15 is 0 Å². The Labute approximate surface area is 102 Å². The van der Waals surface area contributed by atoms with Crippen LogP contribution < -0.4 is 0 Å². The van der Waals surface area contributed by atoms with Gasteiger partial charge in [0.15, 0.2) is 0 Å². The Morgan fingerprint density at radius 2 is 2.24 bits per heavy atom. The summed E-state index contributed by atoms with van der Waals surface area (Å²) in [6, 6.07) is 4.92. The summed E-state index contributed by atoms with van der Waals surface area (Å²) in [7, 11) is 0. The predicted octanol–water partition coefficient (Wildman–Crippen LogP) is 2.34. The average molecular weight is 237 g/mol. The lowest BCUT2D eigenvalue weighted by atomic mass is 9.95. The van der Waals surface area contributed by atoms with E-state index in [0.29, 0.717) is 5.92 Å². The van der Waals surface area contributed by atoms with Crippen LogP contribution in [0.15, 0.2) is 18.2 Å². The Kier molecular flexibility index (Phi) is 3.79. The van der Waals surface area contributed by atoms with Gasteiger partial charge in [-0.3, -0.25) is 4.90 Å². The van der Waals surface area contributed by atoms with E-state index in [0.717, 1.165) is 37.2 Å². The lowest BCUT2D eigenvalue weighted by molar-refractivity contribution is 0.0258. The number of benzene rings is 1. The van der Waals surface area contributed by atoms with Crippen molar-refractivity contribution in [3.8, 4) is 0 Å². The highest BCUT2D eigenvalue weighted by molar-refractivity contribution is 5.26. The van der Waals surface area contributed by atoms with Crippen molar-refractivity contribution in [3.63, 3.8) is 0 Å².